The fourth-order valence-corrected chi connectivity index (χ4v) is 2.95. The highest BCUT2D eigenvalue weighted by atomic mass is 16.6. The first-order valence-corrected chi connectivity index (χ1v) is 9.51. The Balaban J connectivity index is 2.82. The Morgan fingerprint density at radius 1 is 0.968 bits per heavy atom. The molecule has 0 spiro atoms. The molecule has 0 bridgehead atoms. The van der Waals surface area contributed by atoms with Crippen LogP contribution in [0.15, 0.2) is 27.4 Å². The van der Waals surface area contributed by atoms with Crippen LogP contribution in [0.25, 0.3) is 11.0 Å². The van der Waals surface area contributed by atoms with E-state index in [2.05, 4.69) is 0 Å². The molecule has 168 valence electrons. The van der Waals surface area contributed by atoms with Crippen LogP contribution in [0.4, 0.5) is 0 Å². The second-order valence-corrected chi connectivity index (χ2v) is 9.31. The first kappa shape index (κ1) is 23.9. The normalized spacial score (nSPS) is 14.0. The number of carboxylic acids is 2. The monoisotopic (exact) mass is 434 g/mol. The van der Waals surface area contributed by atoms with Crippen molar-refractivity contribution in [2.45, 2.75) is 53.8 Å². The molecule has 31 heavy (non-hydrogen) atoms. The summed E-state index contributed by atoms with van der Waals surface area (Å²) < 4.78 is 16.7. The zero-order valence-corrected chi connectivity index (χ0v) is 18.2. The molecule has 9 heteroatoms. The molecule has 0 aliphatic heterocycles. The lowest BCUT2D eigenvalue weighted by molar-refractivity contribution is -0.152. The van der Waals surface area contributed by atoms with E-state index in [0.29, 0.717) is 6.29 Å². The zero-order chi connectivity index (χ0) is 23.7. The molecule has 2 aromatic rings. The first-order chi connectivity index (χ1) is 14.2. The van der Waals surface area contributed by atoms with Crippen molar-refractivity contribution in [3.8, 4) is 11.5 Å². The molecule has 0 saturated carbocycles. The number of carbonyl (C=O) groups is 3. The molecule has 0 amide bonds. The van der Waals surface area contributed by atoms with E-state index in [1.54, 1.807) is 41.5 Å². The second-order valence-electron chi connectivity index (χ2n) is 9.31. The van der Waals surface area contributed by atoms with Crippen LogP contribution in [0, 0.1) is 10.8 Å². The minimum Gasteiger partial charge on any atom is -0.478 e. The minimum absolute atomic E-state index is 0.0101. The Bertz CT molecular complexity index is 1070. The van der Waals surface area contributed by atoms with E-state index >= 15 is 0 Å². The number of hydrogen-bond donors (Lipinski definition) is 2. The van der Waals surface area contributed by atoms with E-state index in [1.807, 2.05) is 0 Å². The third-order valence-corrected chi connectivity index (χ3v) is 4.49. The van der Waals surface area contributed by atoms with Crippen LogP contribution in [0.5, 0.6) is 11.5 Å². The molecule has 2 N–H and O–H groups in total. The molecule has 0 fully saturated rings. The zero-order valence-electron chi connectivity index (χ0n) is 18.2. The van der Waals surface area contributed by atoms with Crippen molar-refractivity contribution in [3.05, 3.63) is 34.2 Å². The lowest BCUT2D eigenvalue weighted by atomic mass is 9.88. The highest BCUT2D eigenvalue weighted by Crippen LogP contribution is 2.40. The van der Waals surface area contributed by atoms with E-state index in [0.717, 1.165) is 6.07 Å². The Labute approximate surface area is 178 Å². The van der Waals surface area contributed by atoms with Crippen LogP contribution < -0.4 is 15.1 Å². The van der Waals surface area contributed by atoms with Gasteiger partial charge in [-0.05, 0) is 12.1 Å². The smallest absolute Gasteiger partial charge is 0.345 e. The molecule has 2 atom stereocenters. The van der Waals surface area contributed by atoms with Crippen molar-refractivity contribution in [2.24, 2.45) is 10.8 Å². The minimum atomic E-state index is -1.40. The summed E-state index contributed by atoms with van der Waals surface area (Å²) in [7, 11) is 0. The Kier molecular flexibility index (Phi) is 6.49. The van der Waals surface area contributed by atoms with Gasteiger partial charge in [-0.25, -0.2) is 14.4 Å². The Hall–Kier alpha value is -3.36. The maximum atomic E-state index is 12.0. The number of ether oxygens (including phenoxy) is 2. The standard InChI is InChI=1S/C22H26O9/c1-21(2,3)17(19(25)26)29-13-8-7-12-11(10-23)9-14(24)30-15(12)16(13)31-18(20(27)28)22(4,5)6/h7-10,17-18H,1-6H3,(H,25,26)(H,27,28). The lowest BCUT2D eigenvalue weighted by Gasteiger charge is -2.31. The van der Waals surface area contributed by atoms with E-state index in [-0.39, 0.29) is 28.0 Å². The van der Waals surface area contributed by atoms with Crippen molar-refractivity contribution in [1.29, 1.82) is 0 Å². The van der Waals surface area contributed by atoms with Gasteiger partial charge in [0.1, 0.15) is 0 Å². The molecule has 0 aliphatic carbocycles. The third-order valence-electron chi connectivity index (χ3n) is 4.49. The van der Waals surface area contributed by atoms with Crippen LogP contribution in [0.1, 0.15) is 51.9 Å². The molecule has 0 saturated heterocycles. The number of hydrogen-bond acceptors (Lipinski definition) is 7. The molecule has 2 rings (SSSR count). The summed E-state index contributed by atoms with van der Waals surface area (Å²) in [5, 5.41) is 19.5. The van der Waals surface area contributed by atoms with Gasteiger partial charge in [0.15, 0.2) is 17.6 Å². The number of carbonyl (C=O) groups excluding carboxylic acids is 1. The van der Waals surface area contributed by atoms with Gasteiger partial charge in [0.05, 0.1) is 0 Å². The molecular weight excluding hydrogens is 408 g/mol. The van der Waals surface area contributed by atoms with Crippen LogP contribution in [0.3, 0.4) is 0 Å². The molecule has 9 nitrogen and oxygen atoms in total. The van der Waals surface area contributed by atoms with Crippen molar-refractivity contribution < 1.29 is 38.5 Å². The summed E-state index contributed by atoms with van der Waals surface area (Å²) >= 11 is 0. The SMILES string of the molecule is CC(C)(C)C(Oc1ccc2c(C=O)cc(=O)oc2c1OC(C(=O)O)C(C)(C)C)C(=O)O. The van der Waals surface area contributed by atoms with E-state index < -0.39 is 40.6 Å². The number of aliphatic carboxylic acids is 2. The summed E-state index contributed by atoms with van der Waals surface area (Å²) in [5.74, 6) is -2.92. The molecule has 0 aliphatic rings. The summed E-state index contributed by atoms with van der Waals surface area (Å²) in [5.41, 5.74) is -2.77. The fourth-order valence-electron chi connectivity index (χ4n) is 2.95. The largest absolute Gasteiger partial charge is 0.478 e. The molecular formula is C22H26O9. The van der Waals surface area contributed by atoms with Gasteiger partial charge in [0.25, 0.3) is 0 Å². The van der Waals surface area contributed by atoms with Crippen molar-refractivity contribution >= 4 is 29.2 Å². The molecule has 1 aromatic heterocycles. The Morgan fingerprint density at radius 2 is 1.48 bits per heavy atom. The van der Waals surface area contributed by atoms with Crippen molar-refractivity contribution in [3.63, 3.8) is 0 Å². The number of fused-ring (bicyclic) bond motifs is 1. The van der Waals surface area contributed by atoms with Gasteiger partial charge in [-0.3, -0.25) is 4.79 Å². The van der Waals surface area contributed by atoms with Crippen LogP contribution in [-0.2, 0) is 9.59 Å². The maximum Gasteiger partial charge on any atom is 0.345 e. The molecule has 2 unspecified atom stereocenters. The number of carboxylic acid groups (broad SMARTS) is 2. The van der Waals surface area contributed by atoms with Gasteiger partial charge < -0.3 is 24.1 Å². The Morgan fingerprint density at radius 3 is 1.94 bits per heavy atom. The number of rotatable bonds is 7. The second kappa shape index (κ2) is 8.41. The highest BCUT2D eigenvalue weighted by Gasteiger charge is 2.38. The topological polar surface area (TPSA) is 140 Å². The van der Waals surface area contributed by atoms with E-state index in [9.17, 15) is 29.4 Å². The van der Waals surface area contributed by atoms with Crippen LogP contribution >= 0.6 is 0 Å². The number of aldehydes is 1. The molecule has 1 heterocycles. The van der Waals surface area contributed by atoms with E-state index in [4.69, 9.17) is 13.9 Å². The van der Waals surface area contributed by atoms with Gasteiger partial charge in [-0.2, -0.15) is 0 Å². The van der Waals surface area contributed by atoms with E-state index in [1.165, 1.54) is 12.1 Å². The van der Waals surface area contributed by atoms with Gasteiger partial charge >= 0.3 is 17.6 Å². The van der Waals surface area contributed by atoms with Crippen molar-refractivity contribution in [1.82, 2.24) is 0 Å². The summed E-state index contributed by atoms with van der Waals surface area (Å²) in [6.07, 6.45) is -2.27. The predicted octanol–water partition coefficient (Wildman–Crippen LogP) is 3.36. The predicted molar refractivity (Wildman–Crippen MR) is 111 cm³/mol. The lowest BCUT2D eigenvalue weighted by Crippen LogP contribution is -2.41. The first-order valence-electron chi connectivity index (χ1n) is 9.51. The average molecular weight is 434 g/mol. The van der Waals surface area contributed by atoms with Gasteiger partial charge in [-0.1, -0.05) is 41.5 Å². The maximum absolute atomic E-state index is 12.0. The average Bonchev–Trinajstić information content (AvgIpc) is 2.61. The van der Waals surface area contributed by atoms with Gasteiger partial charge in [0.2, 0.25) is 18.0 Å². The van der Waals surface area contributed by atoms with Gasteiger partial charge in [-0.15, -0.1) is 0 Å². The summed E-state index contributed by atoms with van der Waals surface area (Å²) in [4.78, 5) is 47.1. The third kappa shape index (κ3) is 5.22. The van der Waals surface area contributed by atoms with Crippen molar-refractivity contribution in [2.75, 3.05) is 0 Å². The summed E-state index contributed by atoms with van der Waals surface area (Å²) in [6, 6.07) is 3.76. The number of benzene rings is 1. The van der Waals surface area contributed by atoms with Gasteiger partial charge in [0, 0.05) is 27.8 Å². The highest BCUT2D eigenvalue weighted by molar-refractivity contribution is 5.98. The summed E-state index contributed by atoms with van der Waals surface area (Å²) in [6.45, 7) is 9.90. The van der Waals surface area contributed by atoms with Crippen LogP contribution in [0.2, 0.25) is 0 Å². The molecule has 0 radical (unpaired) electrons. The fraction of sp³-hybridized carbons (Fsp3) is 0.455. The van der Waals surface area contributed by atoms with Crippen LogP contribution in [-0.4, -0.2) is 40.6 Å². The quantitative estimate of drug-likeness (QED) is 0.495. The molecule has 1 aromatic carbocycles.